The van der Waals surface area contributed by atoms with Crippen molar-refractivity contribution in [1.29, 1.82) is 0 Å². The van der Waals surface area contributed by atoms with E-state index in [1.165, 1.54) is 78.9 Å². The zero-order chi connectivity index (χ0) is 63.6. The summed E-state index contributed by atoms with van der Waals surface area (Å²) >= 11 is 2.80. The van der Waals surface area contributed by atoms with Crippen molar-refractivity contribution in [2.75, 3.05) is 60.7 Å². The van der Waals surface area contributed by atoms with Crippen molar-refractivity contribution in [3.05, 3.63) is 49.8 Å². The Morgan fingerprint density at radius 3 is 2.24 bits per heavy atom. The molecule has 25 nitrogen and oxygen atoms in total. The number of carbonyl (C=O) groups excluding carboxylic acids is 4. The Bertz CT molecular complexity index is 2860. The number of Topliss-reactive ketones (excluding diaryl/α,β-unsaturated/α-hetero) is 1. The molecule has 4 saturated heterocycles. The van der Waals surface area contributed by atoms with E-state index in [1.54, 1.807) is 38.7 Å². The average Bonchev–Trinajstić information content (AvgIpc) is 1.63. The minimum Gasteiger partial charge on any atom is -0.492 e. The maximum atomic E-state index is 14.5. The molecular formula is C57H76IN3O22S4. The molecule has 0 unspecified atom stereocenters. The quantitative estimate of drug-likeness (QED) is 0.0287. The van der Waals surface area contributed by atoms with Crippen LogP contribution < -0.4 is 25.0 Å². The van der Waals surface area contributed by atoms with Gasteiger partial charge in [0, 0.05) is 57.4 Å². The SMILES string of the molecule is CCN(C(C)=O)[C@H]1CO[C@@H](O[C@H]2[C@H](O[C@H]3C#CC=CC#C[C@]4(O)CC(=O)C(NC(=O)OC)=C3/C4=C\CSSSC)O[C@H](C)[C@@H](NO[C@H]3C[C@H](O)[C@H](SC(=O)c4c(C)c(I)c(O[C@@H]5O[C@@H](C)[C@H](O)[C@@H](OC)[C@H]5O)c(OC)c4OC)[C@@H](C)O3)[C@@H]2O)C[C@@H]1OC. The molecule has 4 heterocycles. The van der Waals surface area contributed by atoms with Crippen molar-refractivity contribution in [2.24, 2.45) is 0 Å². The molecule has 482 valence electrons. The van der Waals surface area contributed by atoms with Crippen LogP contribution in [0.15, 0.2) is 35.1 Å². The molecule has 2 aliphatic carbocycles. The molecule has 1 aromatic rings. The Kier molecular flexibility index (Phi) is 26.3. The number of ketones is 1. The summed E-state index contributed by atoms with van der Waals surface area (Å²) in [4.78, 5) is 62.0. The van der Waals surface area contributed by atoms with Crippen LogP contribution in [0.3, 0.4) is 0 Å². The van der Waals surface area contributed by atoms with Gasteiger partial charge < -0.3 is 87.3 Å². The van der Waals surface area contributed by atoms with Gasteiger partial charge in [0.1, 0.15) is 36.6 Å². The Labute approximate surface area is 534 Å². The van der Waals surface area contributed by atoms with E-state index in [0.29, 0.717) is 21.4 Å². The number of aliphatic hydroxyl groups excluding tert-OH is 4. The number of carbonyl (C=O) groups is 4. The lowest BCUT2D eigenvalue weighted by atomic mass is 9.75. The highest BCUT2D eigenvalue weighted by atomic mass is 127. The van der Waals surface area contributed by atoms with Gasteiger partial charge in [0.2, 0.25) is 23.1 Å². The van der Waals surface area contributed by atoms with Crippen LogP contribution in [0.2, 0.25) is 0 Å². The van der Waals surface area contributed by atoms with Gasteiger partial charge >= 0.3 is 6.09 Å². The molecule has 0 aromatic heterocycles. The van der Waals surface area contributed by atoms with Crippen LogP contribution >= 0.6 is 65.8 Å². The second kappa shape index (κ2) is 32.2. The number of nitrogens with zero attached hydrogens (tertiary/aromatic N) is 1. The fraction of sp³-hybridized carbons (Fsp3) is 0.649. The number of allylic oxidation sites excluding steroid dienone is 3. The van der Waals surface area contributed by atoms with E-state index in [4.69, 9.17) is 61.7 Å². The van der Waals surface area contributed by atoms with Crippen LogP contribution in [0.4, 0.5) is 4.79 Å². The number of ether oxygens (including phenoxy) is 12. The molecule has 6 aliphatic rings. The predicted octanol–water partition coefficient (Wildman–Crippen LogP) is 3.46. The predicted molar refractivity (Wildman–Crippen MR) is 329 cm³/mol. The fourth-order valence-electron chi connectivity index (χ4n) is 11.0. The molecule has 30 heteroatoms. The first-order valence-electron chi connectivity index (χ1n) is 27.7. The van der Waals surface area contributed by atoms with Crippen LogP contribution in [0.1, 0.15) is 69.8 Å². The third-order valence-electron chi connectivity index (χ3n) is 15.4. The van der Waals surface area contributed by atoms with Gasteiger partial charge in [-0.3, -0.25) is 24.5 Å². The van der Waals surface area contributed by atoms with E-state index < -0.39 is 139 Å². The number of likely N-dealkylation sites (N-methyl/N-ethyl adjacent to an activating group) is 1. The van der Waals surface area contributed by atoms with Crippen molar-refractivity contribution >= 4 is 88.7 Å². The summed E-state index contributed by atoms with van der Waals surface area (Å²) in [7, 11) is 11.1. The molecule has 19 atom stereocenters. The second-order valence-electron chi connectivity index (χ2n) is 20.8. The summed E-state index contributed by atoms with van der Waals surface area (Å²) in [5, 5.41) is 59.4. The second-order valence-corrected chi connectivity index (χ2v) is 27.4. The minimum atomic E-state index is -2.08. The number of hydrogen-bond donors (Lipinski definition) is 7. The number of hydroxylamine groups is 1. The summed E-state index contributed by atoms with van der Waals surface area (Å²) < 4.78 is 72.7. The summed E-state index contributed by atoms with van der Waals surface area (Å²) in [6, 6.07) is -1.62. The standard InChI is InChI=1S/C57H76IN3O22S4/c1-13-61(30(6)62)32-25-76-37(23-36(32)71-7)81-50-45(66)42(27(3)78-55(50)80-35-18-16-14-15-17-20-57(70)24-34(64)43(59-56(69)75-11)40(35)31(57)19-21-85-87-84-12)60-83-38-22-33(63)52(29(5)77-38)86-53(68)39-26(2)41(58)48(51(74-10)47(39)72-8)82-54-46(67)49(73-9)44(65)28(4)79-54/h14-15,19,27-29,32-33,35-38,42,44-46,49-50,52,54-55,60,63,65-67,70H,13,21-25H2,1-12H3,(H,59,69)/b15-14?,31-19+/t27-,28+,29-,32+,33+,35+,36+,37+,38+,42-,44+,45+,46-,49-,50-,52-,54+,55+,57+/m1/s1. The molecular weight excluding hydrogens is 1330 g/mol. The van der Waals surface area contributed by atoms with Gasteiger partial charge in [0.05, 0.1) is 97.0 Å². The van der Waals surface area contributed by atoms with Crippen LogP contribution in [0.25, 0.3) is 0 Å². The number of hydrogen-bond acceptors (Lipinski definition) is 27. The number of thioether (sulfide) groups is 1. The molecule has 0 saturated carbocycles. The lowest BCUT2D eigenvalue weighted by Gasteiger charge is -2.47. The maximum Gasteiger partial charge on any atom is 0.411 e. The molecule has 0 spiro atoms. The van der Waals surface area contributed by atoms with E-state index >= 15 is 0 Å². The van der Waals surface area contributed by atoms with E-state index in [1.807, 2.05) is 35.8 Å². The molecule has 7 N–H and O–H groups in total. The zero-order valence-corrected chi connectivity index (χ0v) is 55.4. The number of halogens is 1. The first kappa shape index (κ1) is 71.0. The number of nitrogens with one attached hydrogen (secondary N) is 2. The fourth-order valence-corrected chi connectivity index (χ4v) is 15.2. The molecule has 4 aliphatic heterocycles. The lowest BCUT2D eigenvalue weighted by molar-refractivity contribution is -0.337. The van der Waals surface area contributed by atoms with Gasteiger partial charge in [-0.25, -0.2) is 4.79 Å². The van der Waals surface area contributed by atoms with Crippen LogP contribution in [-0.2, 0) is 57.1 Å². The zero-order valence-electron chi connectivity index (χ0n) is 50.0. The minimum absolute atomic E-state index is 0.0116. The topological polar surface area (TPSA) is 317 Å². The first-order valence-corrected chi connectivity index (χ1v) is 33.8. The van der Waals surface area contributed by atoms with Crippen molar-refractivity contribution in [1.82, 2.24) is 15.7 Å². The molecule has 87 heavy (non-hydrogen) atoms. The van der Waals surface area contributed by atoms with E-state index in [2.05, 4.69) is 34.5 Å². The maximum absolute atomic E-state index is 14.5. The first-order chi connectivity index (χ1) is 41.5. The molecule has 4 fully saturated rings. The van der Waals surface area contributed by atoms with E-state index in [0.717, 1.165) is 18.9 Å². The smallest absolute Gasteiger partial charge is 0.411 e. The Morgan fingerprint density at radius 1 is 0.885 bits per heavy atom. The number of methoxy groups -OCH3 is 5. The highest BCUT2D eigenvalue weighted by molar-refractivity contribution is 14.1. The van der Waals surface area contributed by atoms with E-state index in [-0.39, 0.29) is 65.0 Å². The number of rotatable bonds is 22. The summed E-state index contributed by atoms with van der Waals surface area (Å²) in [6.45, 7) is 10.2. The highest BCUT2D eigenvalue weighted by Crippen LogP contribution is 2.49. The van der Waals surface area contributed by atoms with E-state index in [9.17, 15) is 44.7 Å². The number of benzene rings is 1. The van der Waals surface area contributed by atoms with Crippen molar-refractivity contribution in [3.8, 4) is 40.9 Å². The number of alkyl carbamates (subject to hydrolysis) is 1. The Balaban J connectivity index is 1.14. The normalized spacial score (nSPS) is 34.6. The molecule has 2 amide bonds. The van der Waals surface area contributed by atoms with Crippen molar-refractivity contribution < 1.29 is 106 Å². The third-order valence-corrected chi connectivity index (χ3v) is 21.8. The largest absolute Gasteiger partial charge is 0.492 e. The average molecular weight is 1410 g/mol. The Hall–Kier alpha value is -3.43. The summed E-state index contributed by atoms with van der Waals surface area (Å²) in [6.07, 6.45) is -12.9. The highest BCUT2D eigenvalue weighted by Gasteiger charge is 2.52. The number of amides is 2. The van der Waals surface area contributed by atoms with Gasteiger partial charge in [0.15, 0.2) is 41.8 Å². The van der Waals surface area contributed by atoms with Crippen LogP contribution in [-0.4, -0.2) is 229 Å². The summed E-state index contributed by atoms with van der Waals surface area (Å²) in [5.41, 5.74) is 1.15. The monoisotopic (exact) mass is 1410 g/mol. The van der Waals surface area contributed by atoms with Crippen LogP contribution in [0, 0.1) is 34.2 Å². The third kappa shape index (κ3) is 16.3. The van der Waals surface area contributed by atoms with Gasteiger partial charge in [-0.1, -0.05) is 63.1 Å². The Morgan fingerprint density at radius 2 is 1.60 bits per heavy atom. The van der Waals surface area contributed by atoms with Crippen molar-refractivity contribution in [2.45, 2.75) is 176 Å². The number of fused-ring (bicyclic) bond motifs is 2. The molecule has 0 radical (unpaired) electrons. The van der Waals surface area contributed by atoms with Crippen molar-refractivity contribution in [3.63, 3.8) is 0 Å². The van der Waals surface area contributed by atoms with Gasteiger partial charge in [-0.05, 0) is 91.0 Å². The lowest BCUT2D eigenvalue weighted by Crippen LogP contribution is -2.65. The van der Waals surface area contributed by atoms with Gasteiger partial charge in [0.25, 0.3) is 0 Å². The van der Waals surface area contributed by atoms with Crippen LogP contribution in [0.5, 0.6) is 17.2 Å². The molecule has 2 bridgehead atoms. The molecule has 7 rings (SSSR count). The van der Waals surface area contributed by atoms with Gasteiger partial charge in [-0.2, -0.15) is 5.48 Å². The summed E-state index contributed by atoms with van der Waals surface area (Å²) in [5.74, 6) is 11.0. The number of aliphatic hydroxyl groups is 5. The van der Waals surface area contributed by atoms with Gasteiger partial charge in [-0.15, -0.1) is 0 Å². The molecule has 1 aromatic carbocycles.